The molecule has 4 heteroatoms. The second-order valence-corrected chi connectivity index (χ2v) is 5.32. The molecule has 1 heterocycles. The van der Waals surface area contributed by atoms with Gasteiger partial charge in [0, 0.05) is 22.4 Å². The molecule has 1 unspecified atom stereocenters. The van der Waals surface area contributed by atoms with Crippen LogP contribution in [0, 0.1) is 10.1 Å². The average molecular weight is 292 g/mol. The van der Waals surface area contributed by atoms with E-state index in [2.05, 4.69) is 4.98 Å². The number of fused-ring (bicyclic) bond motifs is 1. The highest BCUT2D eigenvalue weighted by molar-refractivity contribution is 5.78. The molecule has 2 aromatic carbocycles. The zero-order valence-electron chi connectivity index (χ0n) is 12.1. The molecule has 0 radical (unpaired) electrons. The van der Waals surface area contributed by atoms with E-state index in [4.69, 9.17) is 0 Å². The molecule has 0 aliphatic carbocycles. The maximum absolute atomic E-state index is 11.0. The number of hydrogen-bond donors (Lipinski definition) is 0. The standard InChI is InChI=1S/C18H16N2O2/c21-20(22)13-16(14-6-2-1-3-7-14)12-17-11-10-15-8-4-5-9-18(15)19-17/h1-11,16H,12-13H2. The Kier molecular flexibility index (Phi) is 4.10. The fourth-order valence-corrected chi connectivity index (χ4v) is 2.67. The van der Waals surface area contributed by atoms with Crippen molar-refractivity contribution in [3.63, 3.8) is 0 Å². The van der Waals surface area contributed by atoms with Gasteiger partial charge in [-0.2, -0.15) is 0 Å². The lowest BCUT2D eigenvalue weighted by Gasteiger charge is -2.13. The van der Waals surface area contributed by atoms with E-state index in [0.717, 1.165) is 22.2 Å². The summed E-state index contributed by atoms with van der Waals surface area (Å²) in [5.41, 5.74) is 2.79. The monoisotopic (exact) mass is 292 g/mol. The van der Waals surface area contributed by atoms with Crippen molar-refractivity contribution < 1.29 is 4.92 Å². The van der Waals surface area contributed by atoms with E-state index in [-0.39, 0.29) is 17.4 Å². The molecule has 110 valence electrons. The van der Waals surface area contributed by atoms with Crippen molar-refractivity contribution in [3.8, 4) is 0 Å². The van der Waals surface area contributed by atoms with Crippen LogP contribution in [0.2, 0.25) is 0 Å². The van der Waals surface area contributed by atoms with Gasteiger partial charge in [-0.3, -0.25) is 15.1 Å². The fraction of sp³-hybridized carbons (Fsp3) is 0.167. The first-order valence-electron chi connectivity index (χ1n) is 7.24. The molecule has 0 saturated heterocycles. The van der Waals surface area contributed by atoms with Crippen LogP contribution in [-0.4, -0.2) is 16.5 Å². The lowest BCUT2D eigenvalue weighted by molar-refractivity contribution is -0.483. The van der Waals surface area contributed by atoms with Crippen molar-refractivity contribution in [3.05, 3.63) is 88.1 Å². The van der Waals surface area contributed by atoms with Crippen LogP contribution >= 0.6 is 0 Å². The Hall–Kier alpha value is -2.75. The lowest BCUT2D eigenvalue weighted by Crippen LogP contribution is -2.15. The van der Waals surface area contributed by atoms with Gasteiger partial charge in [-0.05, 0) is 17.7 Å². The molecule has 0 spiro atoms. The molecule has 22 heavy (non-hydrogen) atoms. The van der Waals surface area contributed by atoms with Crippen molar-refractivity contribution in [1.82, 2.24) is 4.98 Å². The Morgan fingerprint density at radius 1 is 0.955 bits per heavy atom. The van der Waals surface area contributed by atoms with Crippen molar-refractivity contribution in [2.75, 3.05) is 6.54 Å². The van der Waals surface area contributed by atoms with Gasteiger partial charge in [0.05, 0.1) is 11.4 Å². The molecule has 0 amide bonds. The van der Waals surface area contributed by atoms with Gasteiger partial charge in [-0.15, -0.1) is 0 Å². The topological polar surface area (TPSA) is 56.0 Å². The Morgan fingerprint density at radius 3 is 2.45 bits per heavy atom. The van der Waals surface area contributed by atoms with Gasteiger partial charge in [-0.1, -0.05) is 54.6 Å². The van der Waals surface area contributed by atoms with Crippen LogP contribution in [0.4, 0.5) is 0 Å². The van der Waals surface area contributed by atoms with Crippen LogP contribution in [0.25, 0.3) is 10.9 Å². The predicted octanol–water partition coefficient (Wildman–Crippen LogP) is 3.84. The van der Waals surface area contributed by atoms with Crippen LogP contribution in [0.15, 0.2) is 66.7 Å². The van der Waals surface area contributed by atoms with Gasteiger partial charge in [-0.25, -0.2) is 0 Å². The molecule has 3 aromatic rings. The van der Waals surface area contributed by atoms with Crippen molar-refractivity contribution in [2.45, 2.75) is 12.3 Å². The minimum absolute atomic E-state index is 0.0848. The summed E-state index contributed by atoms with van der Waals surface area (Å²) in [5, 5.41) is 12.1. The van der Waals surface area contributed by atoms with Crippen molar-refractivity contribution >= 4 is 10.9 Å². The maximum Gasteiger partial charge on any atom is 0.211 e. The Morgan fingerprint density at radius 2 is 1.68 bits per heavy atom. The molecule has 4 nitrogen and oxygen atoms in total. The van der Waals surface area contributed by atoms with E-state index in [1.54, 1.807) is 0 Å². The summed E-state index contributed by atoms with van der Waals surface area (Å²) in [6, 6.07) is 21.5. The van der Waals surface area contributed by atoms with Crippen LogP contribution in [0.3, 0.4) is 0 Å². The summed E-state index contributed by atoms with van der Waals surface area (Å²) < 4.78 is 0. The molecule has 0 aliphatic rings. The first kappa shape index (κ1) is 14.2. The smallest absolute Gasteiger partial charge is 0.211 e. The van der Waals surface area contributed by atoms with Gasteiger partial charge >= 0.3 is 0 Å². The van der Waals surface area contributed by atoms with Crippen LogP contribution in [0.1, 0.15) is 17.2 Å². The normalized spacial score (nSPS) is 12.2. The van der Waals surface area contributed by atoms with Gasteiger partial charge in [0.2, 0.25) is 6.54 Å². The highest BCUT2D eigenvalue weighted by atomic mass is 16.6. The van der Waals surface area contributed by atoms with Gasteiger partial charge < -0.3 is 0 Å². The number of aromatic nitrogens is 1. The van der Waals surface area contributed by atoms with E-state index >= 15 is 0 Å². The quantitative estimate of drug-likeness (QED) is 0.530. The predicted molar refractivity (Wildman–Crippen MR) is 86.5 cm³/mol. The highest BCUT2D eigenvalue weighted by Gasteiger charge is 2.19. The number of benzene rings is 2. The van der Waals surface area contributed by atoms with Gasteiger partial charge in [0.25, 0.3) is 0 Å². The van der Waals surface area contributed by atoms with Gasteiger partial charge in [0.15, 0.2) is 0 Å². The third-order valence-corrected chi connectivity index (χ3v) is 3.75. The summed E-state index contributed by atoms with van der Waals surface area (Å²) in [6.45, 7) is -0.0848. The molecule has 3 rings (SSSR count). The molecule has 1 aromatic heterocycles. The second-order valence-electron chi connectivity index (χ2n) is 5.32. The fourth-order valence-electron chi connectivity index (χ4n) is 2.67. The largest absolute Gasteiger partial charge is 0.265 e. The third-order valence-electron chi connectivity index (χ3n) is 3.75. The van der Waals surface area contributed by atoms with E-state index in [1.807, 2.05) is 66.7 Å². The highest BCUT2D eigenvalue weighted by Crippen LogP contribution is 2.22. The summed E-state index contributed by atoms with van der Waals surface area (Å²) in [7, 11) is 0. The number of nitrogens with zero attached hydrogens (tertiary/aromatic N) is 2. The molecule has 0 aliphatic heterocycles. The van der Waals surface area contributed by atoms with E-state index in [1.165, 1.54) is 0 Å². The van der Waals surface area contributed by atoms with Crippen molar-refractivity contribution in [2.24, 2.45) is 0 Å². The summed E-state index contributed by atoms with van der Waals surface area (Å²) >= 11 is 0. The number of para-hydroxylation sites is 1. The second kappa shape index (κ2) is 6.35. The first-order valence-corrected chi connectivity index (χ1v) is 7.24. The molecule has 0 fully saturated rings. The summed E-state index contributed by atoms with van der Waals surface area (Å²) in [6.07, 6.45) is 0.565. The zero-order valence-corrected chi connectivity index (χ0v) is 12.1. The number of pyridine rings is 1. The Bertz CT molecular complexity index is 787. The van der Waals surface area contributed by atoms with Crippen LogP contribution in [-0.2, 0) is 6.42 Å². The molecule has 0 N–H and O–H groups in total. The summed E-state index contributed by atoms with van der Waals surface area (Å²) in [5.74, 6) is -0.162. The molecule has 1 atom stereocenters. The van der Waals surface area contributed by atoms with E-state index in [0.29, 0.717) is 6.42 Å². The van der Waals surface area contributed by atoms with E-state index < -0.39 is 0 Å². The zero-order chi connectivity index (χ0) is 15.4. The first-order chi connectivity index (χ1) is 10.7. The maximum atomic E-state index is 11.0. The Balaban J connectivity index is 1.89. The van der Waals surface area contributed by atoms with E-state index in [9.17, 15) is 10.1 Å². The molecular formula is C18H16N2O2. The number of rotatable bonds is 5. The minimum atomic E-state index is -0.251. The lowest BCUT2D eigenvalue weighted by atomic mass is 9.94. The molecule has 0 bridgehead atoms. The average Bonchev–Trinajstić information content (AvgIpc) is 2.54. The minimum Gasteiger partial charge on any atom is -0.265 e. The number of nitro groups is 1. The third kappa shape index (κ3) is 3.28. The van der Waals surface area contributed by atoms with Crippen molar-refractivity contribution in [1.29, 1.82) is 0 Å². The number of hydrogen-bond acceptors (Lipinski definition) is 3. The summed E-state index contributed by atoms with van der Waals surface area (Å²) in [4.78, 5) is 15.3. The molecular weight excluding hydrogens is 276 g/mol. The SMILES string of the molecule is O=[N+]([O-])CC(Cc1ccc2ccccc2n1)c1ccccc1. The van der Waals surface area contributed by atoms with Crippen LogP contribution in [0.5, 0.6) is 0 Å². The van der Waals surface area contributed by atoms with Gasteiger partial charge in [0.1, 0.15) is 0 Å². The molecule has 0 saturated carbocycles. The Labute approximate surface area is 128 Å². The van der Waals surface area contributed by atoms with Crippen LogP contribution < -0.4 is 0 Å².